The summed E-state index contributed by atoms with van der Waals surface area (Å²) in [5, 5.41) is 0. The molecule has 18 heavy (non-hydrogen) atoms. The zero-order chi connectivity index (χ0) is 13.0. The maximum Gasteiger partial charge on any atom is 0.211 e. The van der Waals surface area contributed by atoms with E-state index in [1.807, 2.05) is 18.2 Å². The molecule has 1 aromatic rings. The molecule has 6 heteroatoms. The molecule has 0 aromatic carbocycles. The van der Waals surface area contributed by atoms with Crippen LogP contribution in [0.25, 0.3) is 0 Å². The first kappa shape index (κ1) is 13.5. The van der Waals surface area contributed by atoms with Gasteiger partial charge in [0.1, 0.15) is 0 Å². The number of hydrogen-bond donors (Lipinski definition) is 2. The molecule has 1 aliphatic carbocycles. The molecule has 1 saturated carbocycles. The van der Waals surface area contributed by atoms with Crippen molar-refractivity contribution < 1.29 is 8.42 Å². The first-order valence-electron chi connectivity index (χ1n) is 6.18. The summed E-state index contributed by atoms with van der Waals surface area (Å²) >= 11 is 0. The SMILES string of the molecule is NC1CC(CNS(=O)(=O)CCc2ccccn2)C1. The van der Waals surface area contributed by atoms with E-state index in [0.717, 1.165) is 18.5 Å². The smallest absolute Gasteiger partial charge is 0.211 e. The number of nitrogens with one attached hydrogen (secondary N) is 1. The van der Waals surface area contributed by atoms with Crippen LogP contribution in [0, 0.1) is 5.92 Å². The molecule has 1 aliphatic rings. The second-order valence-electron chi connectivity index (χ2n) is 4.84. The fourth-order valence-electron chi connectivity index (χ4n) is 2.06. The molecular weight excluding hydrogens is 250 g/mol. The Bertz CT molecular complexity index is 469. The summed E-state index contributed by atoms with van der Waals surface area (Å²) in [5.41, 5.74) is 6.46. The van der Waals surface area contributed by atoms with Crippen molar-refractivity contribution in [2.24, 2.45) is 11.7 Å². The summed E-state index contributed by atoms with van der Waals surface area (Å²) in [7, 11) is -3.20. The molecule has 0 saturated heterocycles. The van der Waals surface area contributed by atoms with Crippen LogP contribution in [0.5, 0.6) is 0 Å². The molecular formula is C12H19N3O2S. The Morgan fingerprint density at radius 1 is 1.39 bits per heavy atom. The third kappa shape index (κ3) is 4.04. The fraction of sp³-hybridized carbons (Fsp3) is 0.583. The Morgan fingerprint density at radius 2 is 2.17 bits per heavy atom. The Morgan fingerprint density at radius 3 is 2.78 bits per heavy atom. The summed E-state index contributed by atoms with van der Waals surface area (Å²) in [5.74, 6) is 0.493. The lowest BCUT2D eigenvalue weighted by molar-refractivity contribution is 0.267. The third-order valence-electron chi connectivity index (χ3n) is 3.22. The molecule has 0 radical (unpaired) electrons. The molecule has 0 spiro atoms. The molecule has 0 atom stereocenters. The molecule has 1 heterocycles. The quantitative estimate of drug-likeness (QED) is 0.777. The van der Waals surface area contributed by atoms with Crippen LogP contribution in [0.3, 0.4) is 0 Å². The average molecular weight is 269 g/mol. The lowest BCUT2D eigenvalue weighted by atomic mass is 9.81. The van der Waals surface area contributed by atoms with Gasteiger partial charge in [0, 0.05) is 30.9 Å². The number of aromatic nitrogens is 1. The van der Waals surface area contributed by atoms with Crippen molar-refractivity contribution in [1.29, 1.82) is 0 Å². The molecule has 2 rings (SSSR count). The first-order chi connectivity index (χ1) is 8.55. The van der Waals surface area contributed by atoms with Crippen molar-refractivity contribution in [3.63, 3.8) is 0 Å². The van der Waals surface area contributed by atoms with Gasteiger partial charge in [-0.3, -0.25) is 4.98 Å². The predicted octanol–water partition coefficient (Wildman–Crippen LogP) is 0.281. The predicted molar refractivity (Wildman–Crippen MR) is 70.4 cm³/mol. The second-order valence-corrected chi connectivity index (χ2v) is 6.76. The third-order valence-corrected chi connectivity index (χ3v) is 4.57. The first-order valence-corrected chi connectivity index (χ1v) is 7.83. The van der Waals surface area contributed by atoms with Crippen molar-refractivity contribution in [2.45, 2.75) is 25.3 Å². The van der Waals surface area contributed by atoms with E-state index in [1.165, 1.54) is 0 Å². The Labute approximate surface area is 108 Å². The molecule has 5 nitrogen and oxygen atoms in total. The van der Waals surface area contributed by atoms with Crippen molar-refractivity contribution in [1.82, 2.24) is 9.71 Å². The molecule has 0 bridgehead atoms. The zero-order valence-electron chi connectivity index (χ0n) is 10.2. The van der Waals surface area contributed by atoms with Gasteiger partial charge < -0.3 is 5.73 Å². The lowest BCUT2D eigenvalue weighted by Gasteiger charge is -2.32. The van der Waals surface area contributed by atoms with E-state index in [9.17, 15) is 8.42 Å². The fourth-order valence-corrected chi connectivity index (χ4v) is 3.17. The van der Waals surface area contributed by atoms with E-state index < -0.39 is 10.0 Å². The molecule has 1 aromatic heterocycles. The molecule has 0 amide bonds. The Balaban J connectivity index is 1.74. The Hall–Kier alpha value is -0.980. The van der Waals surface area contributed by atoms with Crippen molar-refractivity contribution in [3.8, 4) is 0 Å². The minimum absolute atomic E-state index is 0.0861. The average Bonchev–Trinajstić information content (AvgIpc) is 2.32. The van der Waals surface area contributed by atoms with Crippen LogP contribution in [-0.4, -0.2) is 31.7 Å². The summed E-state index contributed by atoms with van der Waals surface area (Å²) in [6.45, 7) is 0.512. The van der Waals surface area contributed by atoms with Crippen molar-refractivity contribution in [2.75, 3.05) is 12.3 Å². The van der Waals surface area contributed by atoms with Crippen LogP contribution in [0.15, 0.2) is 24.4 Å². The highest BCUT2D eigenvalue weighted by Gasteiger charge is 2.26. The van der Waals surface area contributed by atoms with Gasteiger partial charge in [0.05, 0.1) is 5.75 Å². The van der Waals surface area contributed by atoms with Gasteiger partial charge >= 0.3 is 0 Å². The summed E-state index contributed by atoms with van der Waals surface area (Å²) in [6, 6.07) is 5.77. The van der Waals surface area contributed by atoms with Gasteiger partial charge in [-0.25, -0.2) is 13.1 Å². The van der Waals surface area contributed by atoms with E-state index in [0.29, 0.717) is 18.9 Å². The van der Waals surface area contributed by atoms with Crippen LogP contribution in [0.4, 0.5) is 0 Å². The maximum absolute atomic E-state index is 11.8. The largest absolute Gasteiger partial charge is 0.328 e. The van der Waals surface area contributed by atoms with Gasteiger partial charge in [0.25, 0.3) is 0 Å². The van der Waals surface area contributed by atoms with Gasteiger partial charge in [-0.05, 0) is 30.9 Å². The van der Waals surface area contributed by atoms with E-state index in [4.69, 9.17) is 5.73 Å². The number of nitrogens with zero attached hydrogens (tertiary/aromatic N) is 1. The standard InChI is InChI=1S/C12H19N3O2S/c13-11-7-10(8-11)9-15-18(16,17)6-4-12-3-1-2-5-14-12/h1-3,5,10-11,15H,4,6-9,13H2. The molecule has 0 unspecified atom stereocenters. The van der Waals surface area contributed by atoms with Gasteiger partial charge in [-0.15, -0.1) is 0 Å². The highest BCUT2D eigenvalue weighted by atomic mass is 32.2. The normalized spacial score (nSPS) is 23.6. The highest BCUT2D eigenvalue weighted by Crippen LogP contribution is 2.24. The number of aryl methyl sites for hydroxylation is 1. The minimum Gasteiger partial charge on any atom is -0.328 e. The van der Waals surface area contributed by atoms with E-state index in [-0.39, 0.29) is 11.8 Å². The van der Waals surface area contributed by atoms with Crippen LogP contribution in [0.2, 0.25) is 0 Å². The van der Waals surface area contributed by atoms with Gasteiger partial charge in [-0.2, -0.15) is 0 Å². The van der Waals surface area contributed by atoms with Crippen LogP contribution in [0.1, 0.15) is 18.5 Å². The van der Waals surface area contributed by atoms with Gasteiger partial charge in [-0.1, -0.05) is 6.07 Å². The molecule has 3 N–H and O–H groups in total. The number of nitrogens with two attached hydrogens (primary N) is 1. The highest BCUT2D eigenvalue weighted by molar-refractivity contribution is 7.89. The minimum atomic E-state index is -3.20. The monoisotopic (exact) mass is 269 g/mol. The van der Waals surface area contributed by atoms with Crippen LogP contribution in [-0.2, 0) is 16.4 Å². The number of hydrogen-bond acceptors (Lipinski definition) is 4. The summed E-state index contributed by atoms with van der Waals surface area (Å²) in [4.78, 5) is 4.11. The molecule has 0 aliphatic heterocycles. The number of rotatable bonds is 6. The molecule has 100 valence electrons. The summed E-state index contributed by atoms with van der Waals surface area (Å²) in [6.07, 6.45) is 3.96. The number of pyridine rings is 1. The van der Waals surface area contributed by atoms with E-state index in [2.05, 4.69) is 9.71 Å². The van der Waals surface area contributed by atoms with Crippen molar-refractivity contribution >= 4 is 10.0 Å². The molecule has 1 fully saturated rings. The van der Waals surface area contributed by atoms with E-state index >= 15 is 0 Å². The second kappa shape index (κ2) is 5.77. The maximum atomic E-state index is 11.8. The van der Waals surface area contributed by atoms with Gasteiger partial charge in [0.15, 0.2) is 0 Å². The summed E-state index contributed by atoms with van der Waals surface area (Å²) < 4.78 is 26.2. The van der Waals surface area contributed by atoms with Crippen LogP contribution >= 0.6 is 0 Å². The van der Waals surface area contributed by atoms with Crippen LogP contribution < -0.4 is 10.5 Å². The topological polar surface area (TPSA) is 85.1 Å². The van der Waals surface area contributed by atoms with E-state index in [1.54, 1.807) is 6.20 Å². The Kier molecular flexibility index (Phi) is 4.31. The van der Waals surface area contributed by atoms with Gasteiger partial charge in [0.2, 0.25) is 10.0 Å². The lowest BCUT2D eigenvalue weighted by Crippen LogP contribution is -2.43. The number of sulfonamides is 1. The zero-order valence-corrected chi connectivity index (χ0v) is 11.1. The van der Waals surface area contributed by atoms with Crippen molar-refractivity contribution in [3.05, 3.63) is 30.1 Å².